The van der Waals surface area contributed by atoms with Crippen LogP contribution < -0.4 is 25.0 Å². The van der Waals surface area contributed by atoms with E-state index in [9.17, 15) is 14.4 Å². The zero-order valence-corrected chi connectivity index (χ0v) is 21.7. The number of rotatable bonds is 8. The number of benzodiazepines with no additional fused rings is 1. The first-order valence-corrected chi connectivity index (χ1v) is 12.1. The van der Waals surface area contributed by atoms with Crippen LogP contribution in [0.3, 0.4) is 0 Å². The van der Waals surface area contributed by atoms with Gasteiger partial charge in [0.2, 0.25) is 18.0 Å². The smallest absolute Gasteiger partial charge is 0.272 e. The number of carbonyl (C=O) groups is 3. The molecule has 0 spiro atoms. The minimum Gasteiger partial charge on any atom is -0.497 e. The Morgan fingerprint density at radius 3 is 2.42 bits per heavy atom. The van der Waals surface area contributed by atoms with Crippen molar-refractivity contribution >= 4 is 29.1 Å². The first-order chi connectivity index (χ1) is 18.3. The summed E-state index contributed by atoms with van der Waals surface area (Å²) in [5, 5.41) is 5.39. The van der Waals surface area contributed by atoms with Crippen LogP contribution in [0.25, 0.3) is 0 Å². The number of hydrogen-bond acceptors (Lipinski definition) is 6. The molecule has 9 heteroatoms. The minimum absolute atomic E-state index is 0.0191. The third-order valence-corrected chi connectivity index (χ3v) is 6.28. The molecule has 0 unspecified atom stereocenters. The molecule has 0 saturated carbocycles. The number of methoxy groups -OCH3 is 2. The van der Waals surface area contributed by atoms with Crippen molar-refractivity contribution in [3.63, 3.8) is 0 Å². The zero-order valence-electron chi connectivity index (χ0n) is 21.7. The Balaban J connectivity index is 1.52. The average molecular weight is 515 g/mol. The second-order valence-corrected chi connectivity index (χ2v) is 8.81. The molecule has 3 aromatic carbocycles. The van der Waals surface area contributed by atoms with Crippen LogP contribution in [-0.2, 0) is 20.8 Å². The number of anilines is 1. The van der Waals surface area contributed by atoms with Crippen LogP contribution >= 0.6 is 0 Å². The number of amides is 3. The van der Waals surface area contributed by atoms with E-state index in [4.69, 9.17) is 9.47 Å². The number of carbonyl (C=O) groups excluding carboxylic acids is 3. The molecule has 3 amide bonds. The van der Waals surface area contributed by atoms with Gasteiger partial charge in [0, 0.05) is 23.7 Å². The summed E-state index contributed by atoms with van der Waals surface area (Å²) in [6.07, 6.45) is -1.19. The lowest BCUT2D eigenvalue weighted by molar-refractivity contribution is -0.130. The molecule has 0 aromatic heterocycles. The van der Waals surface area contributed by atoms with Crippen molar-refractivity contribution in [2.24, 2.45) is 4.99 Å². The molecule has 9 nitrogen and oxygen atoms in total. The van der Waals surface area contributed by atoms with Crippen LogP contribution in [0, 0.1) is 0 Å². The highest BCUT2D eigenvalue weighted by molar-refractivity contribution is 6.20. The summed E-state index contributed by atoms with van der Waals surface area (Å²) < 4.78 is 10.6. The topological polar surface area (TPSA) is 109 Å². The first kappa shape index (κ1) is 26.4. The number of para-hydroxylation sites is 1. The molecule has 1 heterocycles. The van der Waals surface area contributed by atoms with E-state index in [1.165, 1.54) is 19.1 Å². The average Bonchev–Trinajstić information content (AvgIpc) is 3.04. The van der Waals surface area contributed by atoms with Gasteiger partial charge in [-0.2, -0.15) is 0 Å². The largest absolute Gasteiger partial charge is 0.497 e. The van der Waals surface area contributed by atoms with Crippen molar-refractivity contribution in [1.82, 2.24) is 10.6 Å². The Morgan fingerprint density at radius 1 is 1.00 bits per heavy atom. The van der Waals surface area contributed by atoms with E-state index < -0.39 is 24.0 Å². The van der Waals surface area contributed by atoms with Crippen molar-refractivity contribution in [2.75, 3.05) is 26.2 Å². The van der Waals surface area contributed by atoms with Crippen LogP contribution in [-0.4, -0.2) is 56.9 Å². The number of fused-ring (bicyclic) bond motifs is 1. The second kappa shape index (κ2) is 11.6. The van der Waals surface area contributed by atoms with Gasteiger partial charge in [0.05, 0.1) is 32.0 Å². The number of nitrogens with zero attached hydrogens (tertiary/aromatic N) is 2. The maximum absolute atomic E-state index is 13.3. The summed E-state index contributed by atoms with van der Waals surface area (Å²) in [6.45, 7) is 1.55. The molecule has 4 rings (SSSR count). The standard InChI is InChI=1S/C29H30N4O5/c1-18(30-25(34)17-20-16-21(37-3)14-15-24(20)38-4)28(35)32-27-29(36)33(2)23-13-9-8-12-22(23)26(31-27)19-10-6-5-7-11-19/h5-16,18,27H,17H2,1-4H3,(H,30,34)(H,32,35)/t18-,27+/m0/s1. The maximum atomic E-state index is 13.3. The number of likely N-dealkylation sites (N-methyl/N-ethyl adjacent to an activating group) is 1. The van der Waals surface area contributed by atoms with Crippen LogP contribution in [0.2, 0.25) is 0 Å². The van der Waals surface area contributed by atoms with Gasteiger partial charge in [-0.3, -0.25) is 14.4 Å². The Labute approximate surface area is 221 Å². The molecule has 1 aliphatic heterocycles. The van der Waals surface area contributed by atoms with Gasteiger partial charge in [0.25, 0.3) is 5.91 Å². The summed E-state index contributed by atoms with van der Waals surface area (Å²) in [7, 11) is 4.70. The third-order valence-electron chi connectivity index (χ3n) is 6.28. The van der Waals surface area contributed by atoms with Gasteiger partial charge in [-0.1, -0.05) is 48.5 Å². The van der Waals surface area contributed by atoms with E-state index >= 15 is 0 Å². The normalized spacial score (nSPS) is 15.5. The lowest BCUT2D eigenvalue weighted by atomic mass is 10.0. The summed E-state index contributed by atoms with van der Waals surface area (Å²) in [4.78, 5) is 45.3. The molecule has 2 N–H and O–H groups in total. The summed E-state index contributed by atoms with van der Waals surface area (Å²) in [5.41, 5.74) is 3.49. The van der Waals surface area contributed by atoms with Gasteiger partial charge in [-0.15, -0.1) is 0 Å². The highest BCUT2D eigenvalue weighted by atomic mass is 16.5. The quantitative estimate of drug-likeness (QED) is 0.481. The van der Waals surface area contributed by atoms with Crippen molar-refractivity contribution in [3.05, 3.63) is 89.5 Å². The SMILES string of the molecule is COc1ccc(OC)c(CC(=O)N[C@@H](C)C(=O)N[C@H]2N=C(c3ccccc3)c3ccccc3N(C)C2=O)c1. The van der Waals surface area contributed by atoms with Crippen molar-refractivity contribution in [1.29, 1.82) is 0 Å². The highest BCUT2D eigenvalue weighted by Crippen LogP contribution is 2.27. The molecule has 0 bridgehead atoms. The van der Waals surface area contributed by atoms with E-state index in [0.717, 1.165) is 11.1 Å². The molecule has 1 aliphatic rings. The molecule has 0 saturated heterocycles. The van der Waals surface area contributed by atoms with Crippen LogP contribution in [0.5, 0.6) is 11.5 Å². The second-order valence-electron chi connectivity index (χ2n) is 8.81. The predicted molar refractivity (Wildman–Crippen MR) is 145 cm³/mol. The monoisotopic (exact) mass is 514 g/mol. The molecule has 0 radical (unpaired) electrons. The van der Waals surface area contributed by atoms with Crippen molar-refractivity contribution < 1.29 is 23.9 Å². The minimum atomic E-state index is -1.17. The number of aliphatic imine (C=N–C) groups is 1. The third kappa shape index (κ3) is 5.67. The number of hydrogen-bond donors (Lipinski definition) is 2. The van der Waals surface area contributed by atoms with Crippen LogP contribution in [0.15, 0.2) is 77.8 Å². The molecule has 196 valence electrons. The Hall–Kier alpha value is -4.66. The molecule has 0 fully saturated rings. The highest BCUT2D eigenvalue weighted by Gasteiger charge is 2.32. The van der Waals surface area contributed by atoms with E-state index in [2.05, 4.69) is 15.6 Å². The first-order valence-electron chi connectivity index (χ1n) is 12.1. The van der Waals surface area contributed by atoms with E-state index in [0.29, 0.717) is 28.5 Å². The lowest BCUT2D eigenvalue weighted by Crippen LogP contribution is -2.52. The fraction of sp³-hybridized carbons (Fsp3) is 0.241. The van der Waals surface area contributed by atoms with Crippen LogP contribution in [0.4, 0.5) is 5.69 Å². The van der Waals surface area contributed by atoms with Gasteiger partial charge in [0.15, 0.2) is 0 Å². The maximum Gasteiger partial charge on any atom is 0.272 e. The molecule has 38 heavy (non-hydrogen) atoms. The molecule has 3 aromatic rings. The Kier molecular flexibility index (Phi) is 8.06. The Morgan fingerprint density at radius 2 is 1.71 bits per heavy atom. The fourth-order valence-electron chi connectivity index (χ4n) is 4.25. The van der Waals surface area contributed by atoms with Crippen molar-refractivity contribution in [3.8, 4) is 11.5 Å². The van der Waals surface area contributed by atoms with Gasteiger partial charge in [-0.05, 0) is 31.2 Å². The van der Waals surface area contributed by atoms with Gasteiger partial charge < -0.3 is 25.0 Å². The van der Waals surface area contributed by atoms with Gasteiger partial charge in [-0.25, -0.2) is 4.99 Å². The van der Waals surface area contributed by atoms with Gasteiger partial charge >= 0.3 is 0 Å². The molecule has 0 aliphatic carbocycles. The van der Waals surface area contributed by atoms with E-state index in [1.54, 1.807) is 32.2 Å². The summed E-state index contributed by atoms with van der Waals surface area (Å²) >= 11 is 0. The molecular formula is C29H30N4O5. The van der Waals surface area contributed by atoms with Crippen molar-refractivity contribution in [2.45, 2.75) is 25.6 Å². The molecular weight excluding hydrogens is 484 g/mol. The summed E-state index contributed by atoms with van der Waals surface area (Å²) in [6, 6.07) is 21.2. The zero-order chi connectivity index (χ0) is 27.2. The number of benzene rings is 3. The number of nitrogens with one attached hydrogen (secondary N) is 2. The lowest BCUT2D eigenvalue weighted by Gasteiger charge is -2.22. The summed E-state index contributed by atoms with van der Waals surface area (Å²) in [5.74, 6) is -0.193. The molecule has 2 atom stereocenters. The van der Waals surface area contributed by atoms with Crippen LogP contribution in [0.1, 0.15) is 23.6 Å². The predicted octanol–water partition coefficient (Wildman–Crippen LogP) is 2.71. The number of ether oxygens (including phenoxy) is 2. The van der Waals surface area contributed by atoms with Gasteiger partial charge in [0.1, 0.15) is 17.5 Å². The van der Waals surface area contributed by atoms with E-state index in [1.807, 2.05) is 54.6 Å². The Bertz CT molecular complexity index is 1370. The fourth-order valence-corrected chi connectivity index (χ4v) is 4.25. The van der Waals surface area contributed by atoms with E-state index in [-0.39, 0.29) is 12.3 Å².